The monoisotopic (exact) mass is 379 g/mol. The van der Waals surface area contributed by atoms with Crippen LogP contribution in [0.5, 0.6) is 5.75 Å². The third-order valence-electron chi connectivity index (χ3n) is 3.98. The molecule has 5 nitrogen and oxygen atoms in total. The van der Waals surface area contributed by atoms with Crippen LogP contribution in [0, 0.1) is 6.92 Å². The number of rotatable bonds is 9. The summed E-state index contributed by atoms with van der Waals surface area (Å²) in [5, 5.41) is 3.52. The molecule has 0 saturated carbocycles. The van der Waals surface area contributed by atoms with Gasteiger partial charge in [-0.05, 0) is 54.7 Å². The molecule has 0 aliphatic carbocycles. The Morgan fingerprint density at radius 1 is 1.31 bits per heavy atom. The molecule has 1 aromatic heterocycles. The first-order chi connectivity index (χ1) is 12.4. The van der Waals surface area contributed by atoms with Crippen LogP contribution in [0.1, 0.15) is 53.6 Å². The van der Waals surface area contributed by atoms with Crippen molar-refractivity contribution in [1.82, 2.24) is 5.32 Å². The Morgan fingerprint density at radius 3 is 2.77 bits per heavy atom. The van der Waals surface area contributed by atoms with Crippen molar-refractivity contribution >= 4 is 17.5 Å². The molecule has 26 heavy (non-hydrogen) atoms. The van der Waals surface area contributed by atoms with E-state index in [9.17, 15) is 4.79 Å². The van der Waals surface area contributed by atoms with Crippen LogP contribution >= 0.6 is 11.6 Å². The predicted octanol–water partition coefficient (Wildman–Crippen LogP) is 4.71. The lowest BCUT2D eigenvalue weighted by atomic mass is 10.0. The van der Waals surface area contributed by atoms with E-state index in [4.69, 9.17) is 25.5 Å². The summed E-state index contributed by atoms with van der Waals surface area (Å²) in [6.45, 7) is 7.52. The molecule has 0 spiro atoms. The van der Waals surface area contributed by atoms with Gasteiger partial charge in [-0.15, -0.1) is 0 Å². The number of furan rings is 1. The first-order valence-corrected chi connectivity index (χ1v) is 9.08. The summed E-state index contributed by atoms with van der Waals surface area (Å²) in [5.41, 5.74) is 2.00. The lowest BCUT2D eigenvalue weighted by molar-refractivity contribution is 0.0917. The summed E-state index contributed by atoms with van der Waals surface area (Å²) in [6.07, 6.45) is 0.757. The van der Waals surface area contributed by atoms with Gasteiger partial charge in [-0.25, -0.2) is 0 Å². The number of ether oxygens (including phenoxy) is 2. The van der Waals surface area contributed by atoms with Crippen molar-refractivity contribution in [2.45, 2.75) is 39.7 Å². The van der Waals surface area contributed by atoms with Gasteiger partial charge in [0.2, 0.25) is 0 Å². The van der Waals surface area contributed by atoms with E-state index in [2.05, 4.69) is 19.2 Å². The smallest absolute Gasteiger partial charge is 0.286 e. The van der Waals surface area contributed by atoms with Crippen molar-refractivity contribution in [2.75, 3.05) is 20.3 Å². The molecule has 0 fully saturated rings. The maximum Gasteiger partial charge on any atom is 0.286 e. The highest BCUT2D eigenvalue weighted by Gasteiger charge is 2.14. The zero-order chi connectivity index (χ0) is 19.1. The average Bonchev–Trinajstić information content (AvgIpc) is 3.08. The molecule has 0 radical (unpaired) electrons. The van der Waals surface area contributed by atoms with Gasteiger partial charge in [-0.1, -0.05) is 25.4 Å². The summed E-state index contributed by atoms with van der Waals surface area (Å²) in [5.74, 6) is 1.70. The predicted molar refractivity (Wildman–Crippen MR) is 102 cm³/mol. The van der Waals surface area contributed by atoms with Crippen LogP contribution in [0.3, 0.4) is 0 Å². The van der Waals surface area contributed by atoms with Gasteiger partial charge in [0.05, 0.1) is 0 Å². The first-order valence-electron chi connectivity index (χ1n) is 8.71. The van der Waals surface area contributed by atoms with E-state index < -0.39 is 0 Å². The molecule has 0 saturated heterocycles. The number of carbonyl (C=O) groups is 1. The van der Waals surface area contributed by atoms with Crippen molar-refractivity contribution in [3.63, 3.8) is 0 Å². The Kier molecular flexibility index (Phi) is 7.54. The van der Waals surface area contributed by atoms with Crippen molar-refractivity contribution in [3.8, 4) is 5.75 Å². The summed E-state index contributed by atoms with van der Waals surface area (Å²) < 4.78 is 16.5. The second-order valence-electron chi connectivity index (χ2n) is 6.45. The van der Waals surface area contributed by atoms with E-state index >= 15 is 0 Å². The minimum atomic E-state index is -0.238. The van der Waals surface area contributed by atoms with Gasteiger partial charge in [-0.3, -0.25) is 4.79 Å². The van der Waals surface area contributed by atoms with Crippen molar-refractivity contribution in [2.24, 2.45) is 0 Å². The highest BCUT2D eigenvalue weighted by atomic mass is 35.5. The summed E-state index contributed by atoms with van der Waals surface area (Å²) in [4.78, 5) is 12.0. The molecule has 0 unspecified atom stereocenters. The summed E-state index contributed by atoms with van der Waals surface area (Å²) in [6, 6.07) is 7.28. The molecule has 2 rings (SSSR count). The average molecular weight is 380 g/mol. The van der Waals surface area contributed by atoms with Gasteiger partial charge in [0.1, 0.15) is 18.1 Å². The minimum absolute atomic E-state index is 0.238. The number of hydrogen-bond donors (Lipinski definition) is 1. The largest absolute Gasteiger partial charge is 0.485 e. The van der Waals surface area contributed by atoms with Gasteiger partial charge in [-0.2, -0.15) is 0 Å². The summed E-state index contributed by atoms with van der Waals surface area (Å²) in [7, 11) is 1.63. The molecule has 0 aliphatic heterocycles. The Morgan fingerprint density at radius 2 is 2.08 bits per heavy atom. The third-order valence-corrected chi connectivity index (χ3v) is 4.39. The number of nitrogens with one attached hydrogen (secondary N) is 1. The molecule has 0 atom stereocenters. The topological polar surface area (TPSA) is 60.7 Å². The number of halogens is 1. The second kappa shape index (κ2) is 9.64. The number of carbonyl (C=O) groups excluding carboxylic acids is 1. The van der Waals surface area contributed by atoms with Crippen molar-refractivity contribution < 1.29 is 18.7 Å². The highest BCUT2D eigenvalue weighted by molar-refractivity contribution is 6.31. The molecule has 1 aromatic carbocycles. The van der Waals surface area contributed by atoms with E-state index in [1.807, 2.05) is 19.1 Å². The molecular weight excluding hydrogens is 354 g/mol. The molecule has 0 bridgehead atoms. The third kappa shape index (κ3) is 5.51. The number of amides is 1. The molecule has 1 N–H and O–H groups in total. The Bertz CT molecular complexity index is 739. The van der Waals surface area contributed by atoms with E-state index in [1.165, 1.54) is 0 Å². The van der Waals surface area contributed by atoms with E-state index in [-0.39, 0.29) is 24.2 Å². The van der Waals surface area contributed by atoms with Gasteiger partial charge >= 0.3 is 0 Å². The van der Waals surface area contributed by atoms with E-state index in [0.29, 0.717) is 18.9 Å². The van der Waals surface area contributed by atoms with Crippen LogP contribution in [0.4, 0.5) is 0 Å². The molecule has 142 valence electrons. The van der Waals surface area contributed by atoms with E-state index in [1.54, 1.807) is 19.2 Å². The Hall–Kier alpha value is -1.98. The van der Waals surface area contributed by atoms with Crippen molar-refractivity contribution in [1.29, 1.82) is 0 Å². The van der Waals surface area contributed by atoms with Crippen LogP contribution in [-0.4, -0.2) is 26.2 Å². The fourth-order valence-electron chi connectivity index (χ4n) is 2.48. The molecular formula is C20H26ClNO4. The molecule has 1 amide bonds. The van der Waals surface area contributed by atoms with Crippen LogP contribution in [0.2, 0.25) is 5.02 Å². The van der Waals surface area contributed by atoms with Crippen LogP contribution < -0.4 is 10.1 Å². The van der Waals surface area contributed by atoms with Gasteiger partial charge in [0, 0.05) is 25.3 Å². The standard InChI is InChI=1S/C20H26ClNO4/c1-13(2)16-11-17(21)14(3)10-19(16)25-12-15-6-7-18(26-15)20(23)22-8-5-9-24-4/h6-7,10-11,13H,5,8-9,12H2,1-4H3,(H,22,23). The minimum Gasteiger partial charge on any atom is -0.485 e. The van der Waals surface area contributed by atoms with Gasteiger partial charge in [0.15, 0.2) is 5.76 Å². The van der Waals surface area contributed by atoms with Gasteiger partial charge < -0.3 is 19.2 Å². The lowest BCUT2D eigenvalue weighted by Gasteiger charge is -2.15. The molecule has 2 aromatic rings. The molecule has 1 heterocycles. The Labute approximate surface area is 159 Å². The van der Waals surface area contributed by atoms with E-state index in [0.717, 1.165) is 28.3 Å². The first kappa shape index (κ1) is 20.3. The quantitative estimate of drug-likeness (QED) is 0.641. The SMILES string of the molecule is COCCCNC(=O)c1ccc(COc2cc(C)c(Cl)cc2C(C)C)o1. The van der Waals surface area contributed by atoms with Crippen LogP contribution in [-0.2, 0) is 11.3 Å². The Balaban J connectivity index is 1.98. The highest BCUT2D eigenvalue weighted by Crippen LogP contribution is 2.32. The zero-order valence-electron chi connectivity index (χ0n) is 15.7. The summed E-state index contributed by atoms with van der Waals surface area (Å²) >= 11 is 6.22. The second-order valence-corrected chi connectivity index (χ2v) is 6.86. The number of aryl methyl sites for hydroxylation is 1. The lowest BCUT2D eigenvalue weighted by Crippen LogP contribution is -2.24. The fraction of sp³-hybridized carbons (Fsp3) is 0.450. The van der Waals surface area contributed by atoms with Crippen LogP contribution in [0.15, 0.2) is 28.7 Å². The molecule has 0 aliphatic rings. The maximum atomic E-state index is 12.0. The van der Waals surface area contributed by atoms with Gasteiger partial charge in [0.25, 0.3) is 5.91 Å². The normalized spacial score (nSPS) is 11.0. The maximum absolute atomic E-state index is 12.0. The van der Waals surface area contributed by atoms with Crippen molar-refractivity contribution in [3.05, 3.63) is 51.9 Å². The fourth-order valence-corrected chi connectivity index (χ4v) is 2.65. The zero-order valence-corrected chi connectivity index (χ0v) is 16.5. The molecule has 6 heteroatoms. The number of hydrogen-bond acceptors (Lipinski definition) is 4. The number of methoxy groups -OCH3 is 1. The van der Waals surface area contributed by atoms with Crippen LogP contribution in [0.25, 0.3) is 0 Å². The number of benzene rings is 1.